The van der Waals surface area contributed by atoms with Crippen LogP contribution in [0.2, 0.25) is 0 Å². The van der Waals surface area contributed by atoms with Gasteiger partial charge in [0.2, 0.25) is 0 Å². The highest BCUT2D eigenvalue weighted by Crippen LogP contribution is 2.42. The summed E-state index contributed by atoms with van der Waals surface area (Å²) in [7, 11) is 0. The van der Waals surface area contributed by atoms with Gasteiger partial charge in [0.25, 0.3) is 0 Å². The Bertz CT molecular complexity index is 202. The third-order valence-corrected chi connectivity index (χ3v) is 4.18. The third-order valence-electron chi connectivity index (χ3n) is 4.18. The highest BCUT2D eigenvalue weighted by molar-refractivity contribution is 5.01. The summed E-state index contributed by atoms with van der Waals surface area (Å²) in [5.74, 6) is 3.02. The molecule has 1 aliphatic rings. The van der Waals surface area contributed by atoms with Gasteiger partial charge in [0.05, 0.1) is 0 Å². The van der Waals surface area contributed by atoms with Gasteiger partial charge in [0.15, 0.2) is 0 Å². The predicted molar refractivity (Wildman–Crippen MR) is 69.0 cm³/mol. The van der Waals surface area contributed by atoms with Crippen LogP contribution in [0.3, 0.4) is 0 Å². The van der Waals surface area contributed by atoms with Crippen LogP contribution >= 0.6 is 0 Å². The van der Waals surface area contributed by atoms with Crippen LogP contribution in [0.15, 0.2) is 11.6 Å². The summed E-state index contributed by atoms with van der Waals surface area (Å²) in [5, 5.41) is 0. The smallest absolute Gasteiger partial charge is 0.0292 e. The molecule has 0 aromatic rings. The van der Waals surface area contributed by atoms with Crippen molar-refractivity contribution in [1.82, 2.24) is 0 Å². The van der Waals surface area contributed by atoms with Gasteiger partial charge in [-0.3, -0.25) is 0 Å². The summed E-state index contributed by atoms with van der Waals surface area (Å²) in [6, 6.07) is 0. The molecule has 0 saturated heterocycles. The zero-order chi connectivity index (χ0) is 11.3. The standard InChI is InChI=1S/C15H28/c1-5-8-12(4)9-15-11-13(6-2)10-14(15)7-3/h8,13-15H,5-7,9-11H2,1-4H3/b12-8-. The fourth-order valence-electron chi connectivity index (χ4n) is 3.27. The van der Waals surface area contributed by atoms with Crippen LogP contribution in [0.1, 0.15) is 66.2 Å². The summed E-state index contributed by atoms with van der Waals surface area (Å²) >= 11 is 0. The van der Waals surface area contributed by atoms with Gasteiger partial charge in [-0.05, 0) is 50.4 Å². The highest BCUT2D eigenvalue weighted by Gasteiger charge is 2.31. The zero-order valence-electron chi connectivity index (χ0n) is 11.1. The molecule has 0 amide bonds. The van der Waals surface area contributed by atoms with E-state index in [9.17, 15) is 0 Å². The van der Waals surface area contributed by atoms with Crippen LogP contribution < -0.4 is 0 Å². The quantitative estimate of drug-likeness (QED) is 0.545. The van der Waals surface area contributed by atoms with Gasteiger partial charge in [-0.25, -0.2) is 0 Å². The van der Waals surface area contributed by atoms with Crippen molar-refractivity contribution in [3.8, 4) is 0 Å². The molecule has 3 unspecified atom stereocenters. The maximum absolute atomic E-state index is 2.41. The van der Waals surface area contributed by atoms with Gasteiger partial charge >= 0.3 is 0 Å². The molecule has 0 heteroatoms. The first-order valence-corrected chi connectivity index (χ1v) is 6.86. The first kappa shape index (κ1) is 12.8. The lowest BCUT2D eigenvalue weighted by Gasteiger charge is -2.17. The summed E-state index contributed by atoms with van der Waals surface area (Å²) < 4.78 is 0. The van der Waals surface area contributed by atoms with E-state index in [-0.39, 0.29) is 0 Å². The molecule has 0 heterocycles. The van der Waals surface area contributed by atoms with Gasteiger partial charge in [-0.15, -0.1) is 0 Å². The van der Waals surface area contributed by atoms with Crippen LogP contribution in [0.5, 0.6) is 0 Å². The Balaban J connectivity index is 2.49. The molecular weight excluding hydrogens is 180 g/mol. The Morgan fingerprint density at radius 1 is 1.07 bits per heavy atom. The molecule has 0 N–H and O–H groups in total. The maximum Gasteiger partial charge on any atom is -0.0292 e. The molecule has 0 aliphatic heterocycles. The first-order chi connectivity index (χ1) is 7.21. The molecule has 1 rings (SSSR count). The lowest BCUT2D eigenvalue weighted by atomic mass is 9.88. The SMILES string of the molecule is CC/C=C(/C)CC1CC(CC)CC1CC. The van der Waals surface area contributed by atoms with E-state index in [2.05, 4.69) is 33.8 Å². The van der Waals surface area contributed by atoms with Crippen LogP contribution in [0.4, 0.5) is 0 Å². The molecule has 0 nitrogen and oxygen atoms in total. The maximum atomic E-state index is 2.41. The van der Waals surface area contributed by atoms with E-state index in [0.29, 0.717) is 0 Å². The third kappa shape index (κ3) is 3.66. The molecule has 0 aromatic heterocycles. The van der Waals surface area contributed by atoms with E-state index in [1.165, 1.54) is 38.5 Å². The van der Waals surface area contributed by atoms with Crippen LogP contribution in [-0.2, 0) is 0 Å². The van der Waals surface area contributed by atoms with Gasteiger partial charge < -0.3 is 0 Å². The van der Waals surface area contributed by atoms with Crippen LogP contribution in [-0.4, -0.2) is 0 Å². The summed E-state index contributed by atoms with van der Waals surface area (Å²) in [6.45, 7) is 9.28. The van der Waals surface area contributed by atoms with Crippen LogP contribution in [0, 0.1) is 17.8 Å². The largest absolute Gasteiger partial charge is 0.0859 e. The van der Waals surface area contributed by atoms with Crippen molar-refractivity contribution in [2.45, 2.75) is 66.2 Å². The molecule has 1 aliphatic carbocycles. The van der Waals surface area contributed by atoms with Gasteiger partial charge in [0, 0.05) is 0 Å². The molecule has 0 spiro atoms. The minimum atomic E-state index is 0.989. The molecule has 15 heavy (non-hydrogen) atoms. The second kappa shape index (κ2) is 6.35. The topological polar surface area (TPSA) is 0 Å². The van der Waals surface area contributed by atoms with Gasteiger partial charge in [-0.2, -0.15) is 0 Å². The molecule has 0 radical (unpaired) electrons. The number of hydrogen-bond acceptors (Lipinski definition) is 0. The monoisotopic (exact) mass is 208 g/mol. The molecule has 0 aromatic carbocycles. The summed E-state index contributed by atoms with van der Waals surface area (Å²) in [4.78, 5) is 0. The number of allylic oxidation sites excluding steroid dienone is 2. The lowest BCUT2D eigenvalue weighted by molar-refractivity contribution is 0.374. The number of hydrogen-bond donors (Lipinski definition) is 0. The Labute approximate surface area is 96.2 Å². The van der Waals surface area contributed by atoms with Gasteiger partial charge in [0.1, 0.15) is 0 Å². The Morgan fingerprint density at radius 2 is 1.73 bits per heavy atom. The Kier molecular flexibility index (Phi) is 5.42. The van der Waals surface area contributed by atoms with Crippen molar-refractivity contribution < 1.29 is 0 Å². The minimum absolute atomic E-state index is 0.989. The van der Waals surface area contributed by atoms with Crippen molar-refractivity contribution >= 4 is 0 Å². The molecule has 0 bridgehead atoms. The van der Waals surface area contributed by atoms with E-state index < -0.39 is 0 Å². The van der Waals surface area contributed by atoms with Crippen molar-refractivity contribution in [1.29, 1.82) is 0 Å². The predicted octanol–water partition coefficient (Wildman–Crippen LogP) is 5.20. The number of rotatable bonds is 5. The summed E-state index contributed by atoms with van der Waals surface area (Å²) in [5.41, 5.74) is 1.62. The van der Waals surface area contributed by atoms with Gasteiger partial charge in [-0.1, -0.05) is 45.3 Å². The second-order valence-electron chi connectivity index (χ2n) is 5.34. The molecule has 3 atom stereocenters. The van der Waals surface area contributed by atoms with E-state index in [0.717, 1.165) is 17.8 Å². The normalized spacial score (nSPS) is 32.3. The molecule has 1 fully saturated rings. The lowest BCUT2D eigenvalue weighted by Crippen LogP contribution is -2.06. The van der Waals surface area contributed by atoms with Crippen LogP contribution in [0.25, 0.3) is 0 Å². The molecule has 88 valence electrons. The molecular formula is C15H28. The summed E-state index contributed by atoms with van der Waals surface area (Å²) in [6.07, 6.45) is 10.7. The van der Waals surface area contributed by atoms with E-state index in [1.54, 1.807) is 5.57 Å². The van der Waals surface area contributed by atoms with Crippen molar-refractivity contribution in [3.05, 3.63) is 11.6 Å². The van der Waals surface area contributed by atoms with E-state index >= 15 is 0 Å². The average Bonchev–Trinajstić information content (AvgIpc) is 2.60. The average molecular weight is 208 g/mol. The second-order valence-corrected chi connectivity index (χ2v) is 5.34. The van der Waals surface area contributed by atoms with Crippen molar-refractivity contribution in [2.75, 3.05) is 0 Å². The molecule has 1 saturated carbocycles. The Hall–Kier alpha value is -0.260. The first-order valence-electron chi connectivity index (χ1n) is 6.86. The van der Waals surface area contributed by atoms with Crippen molar-refractivity contribution in [3.63, 3.8) is 0 Å². The van der Waals surface area contributed by atoms with E-state index in [4.69, 9.17) is 0 Å². The highest BCUT2D eigenvalue weighted by atomic mass is 14.4. The fraction of sp³-hybridized carbons (Fsp3) is 0.867. The fourth-order valence-corrected chi connectivity index (χ4v) is 3.27. The minimum Gasteiger partial charge on any atom is -0.0859 e. The van der Waals surface area contributed by atoms with E-state index in [1.807, 2.05) is 0 Å². The zero-order valence-corrected chi connectivity index (χ0v) is 11.1. The Morgan fingerprint density at radius 3 is 2.27 bits per heavy atom. The van der Waals surface area contributed by atoms with Crippen molar-refractivity contribution in [2.24, 2.45) is 17.8 Å².